The number of nitrogens with zero attached hydrogens (tertiary/aromatic N) is 2. The Bertz CT molecular complexity index is 1090. The van der Waals surface area contributed by atoms with E-state index in [2.05, 4.69) is 41.6 Å². The van der Waals surface area contributed by atoms with E-state index in [1.807, 2.05) is 49.9 Å². The van der Waals surface area contributed by atoms with E-state index in [1.54, 1.807) is 24.3 Å². The quantitative estimate of drug-likeness (QED) is 0.542. The van der Waals surface area contributed by atoms with Crippen LogP contribution in [0.4, 0.5) is 10.5 Å². The Morgan fingerprint density at radius 3 is 2.08 bits per heavy atom. The van der Waals surface area contributed by atoms with E-state index in [1.165, 1.54) is 0 Å². The number of hydrogen-bond acceptors (Lipinski definition) is 4. The minimum Gasteiger partial charge on any atom is -0.347 e. The van der Waals surface area contributed by atoms with E-state index in [0.717, 1.165) is 25.2 Å². The zero-order valence-electron chi connectivity index (χ0n) is 23.0. The molecule has 8 heteroatoms. The largest absolute Gasteiger partial charge is 0.347 e. The fourth-order valence-electron chi connectivity index (χ4n) is 3.99. The van der Waals surface area contributed by atoms with Crippen LogP contribution in [-0.2, 0) is 6.54 Å². The Kier molecular flexibility index (Phi) is 8.97. The van der Waals surface area contributed by atoms with Gasteiger partial charge in [-0.1, -0.05) is 32.9 Å². The predicted molar refractivity (Wildman–Crippen MR) is 148 cm³/mol. The third kappa shape index (κ3) is 9.21. The van der Waals surface area contributed by atoms with Crippen LogP contribution < -0.4 is 16.0 Å². The first-order valence-electron chi connectivity index (χ1n) is 12.9. The van der Waals surface area contributed by atoms with Crippen molar-refractivity contribution in [3.05, 3.63) is 65.2 Å². The zero-order valence-corrected chi connectivity index (χ0v) is 23.0. The van der Waals surface area contributed by atoms with Crippen molar-refractivity contribution >= 4 is 23.5 Å². The summed E-state index contributed by atoms with van der Waals surface area (Å²) in [5.74, 6) is -0.0826. The van der Waals surface area contributed by atoms with Gasteiger partial charge in [0.2, 0.25) is 0 Å². The molecular formula is C29H41N5O3. The molecule has 200 valence electrons. The van der Waals surface area contributed by atoms with Gasteiger partial charge < -0.3 is 20.9 Å². The lowest BCUT2D eigenvalue weighted by Crippen LogP contribution is -2.48. The predicted octanol–water partition coefficient (Wildman–Crippen LogP) is 4.34. The summed E-state index contributed by atoms with van der Waals surface area (Å²) >= 11 is 0. The van der Waals surface area contributed by atoms with E-state index >= 15 is 0 Å². The molecule has 3 rings (SSSR count). The van der Waals surface area contributed by atoms with Crippen LogP contribution in [0, 0.1) is 5.41 Å². The minimum atomic E-state index is -0.284. The van der Waals surface area contributed by atoms with Crippen LogP contribution in [0.3, 0.4) is 0 Å². The van der Waals surface area contributed by atoms with Crippen LogP contribution in [0.1, 0.15) is 67.8 Å². The summed E-state index contributed by atoms with van der Waals surface area (Å²) < 4.78 is 0. The van der Waals surface area contributed by atoms with E-state index in [9.17, 15) is 14.4 Å². The monoisotopic (exact) mass is 507 g/mol. The number of hydrogen-bond donors (Lipinski definition) is 3. The fourth-order valence-corrected chi connectivity index (χ4v) is 3.99. The lowest BCUT2D eigenvalue weighted by atomic mass is 9.97. The van der Waals surface area contributed by atoms with E-state index in [0.29, 0.717) is 36.4 Å². The Labute approximate surface area is 220 Å². The second kappa shape index (κ2) is 11.8. The average molecular weight is 508 g/mol. The number of rotatable bonds is 6. The van der Waals surface area contributed by atoms with Gasteiger partial charge in [0.05, 0.1) is 0 Å². The smallest absolute Gasteiger partial charge is 0.319 e. The molecule has 1 saturated heterocycles. The van der Waals surface area contributed by atoms with Gasteiger partial charge >= 0.3 is 6.03 Å². The molecule has 4 amide bonds. The van der Waals surface area contributed by atoms with E-state index < -0.39 is 0 Å². The standard InChI is InChI=1S/C29H41N5O3/c1-28(2,3)20-30-27(37)31-24-12-10-22(11-13-24)26(36)34-16-14-33(15-17-34)19-21-8-7-9-23(18-21)25(35)32-29(4,5)6/h7-13,18H,14-17,19-20H2,1-6H3,(H,32,35)(H2,30,31,37). The van der Waals surface area contributed by atoms with Crippen molar-refractivity contribution in [1.82, 2.24) is 20.4 Å². The molecule has 8 nitrogen and oxygen atoms in total. The number of carbonyl (C=O) groups is 3. The van der Waals surface area contributed by atoms with Crippen molar-refractivity contribution in [2.24, 2.45) is 5.41 Å². The SMILES string of the molecule is CC(C)(C)CNC(=O)Nc1ccc(C(=O)N2CCN(Cc3cccc(C(=O)NC(C)(C)C)c3)CC2)cc1. The molecule has 0 saturated carbocycles. The fraction of sp³-hybridized carbons (Fsp3) is 0.483. The van der Waals surface area contributed by atoms with Gasteiger partial charge in [-0.05, 0) is 68.1 Å². The van der Waals surface area contributed by atoms with Crippen LogP contribution in [0.2, 0.25) is 0 Å². The molecule has 0 bridgehead atoms. The third-order valence-corrected chi connectivity index (χ3v) is 5.91. The molecule has 3 N–H and O–H groups in total. The summed E-state index contributed by atoms with van der Waals surface area (Å²) in [6, 6.07) is 14.5. The van der Waals surface area contributed by atoms with Crippen LogP contribution in [-0.4, -0.2) is 65.9 Å². The van der Waals surface area contributed by atoms with Crippen LogP contribution in [0.5, 0.6) is 0 Å². The summed E-state index contributed by atoms with van der Waals surface area (Å²) in [5.41, 5.74) is 2.71. The molecule has 0 aromatic heterocycles. The lowest BCUT2D eigenvalue weighted by Gasteiger charge is -2.35. The second-order valence-electron chi connectivity index (χ2n) is 11.9. The summed E-state index contributed by atoms with van der Waals surface area (Å²) in [5, 5.41) is 8.66. The van der Waals surface area contributed by atoms with Gasteiger partial charge in [-0.15, -0.1) is 0 Å². The highest BCUT2D eigenvalue weighted by Gasteiger charge is 2.23. The number of amides is 4. The first kappa shape index (κ1) is 28.2. The molecule has 2 aromatic carbocycles. The first-order valence-corrected chi connectivity index (χ1v) is 12.9. The third-order valence-electron chi connectivity index (χ3n) is 5.91. The first-order chi connectivity index (χ1) is 17.3. The highest BCUT2D eigenvalue weighted by atomic mass is 16.2. The Morgan fingerprint density at radius 1 is 0.838 bits per heavy atom. The minimum absolute atomic E-state index is 0.00425. The van der Waals surface area contributed by atoms with Gasteiger partial charge in [0.1, 0.15) is 0 Å². The molecule has 0 aliphatic carbocycles. The number of urea groups is 1. The molecule has 1 aliphatic rings. The summed E-state index contributed by atoms with van der Waals surface area (Å²) in [4.78, 5) is 41.7. The van der Waals surface area contributed by atoms with Crippen LogP contribution in [0.15, 0.2) is 48.5 Å². The lowest BCUT2D eigenvalue weighted by molar-refractivity contribution is 0.0628. The van der Waals surface area contributed by atoms with Gasteiger partial charge in [-0.25, -0.2) is 4.79 Å². The molecule has 1 fully saturated rings. The molecule has 2 aromatic rings. The summed E-state index contributed by atoms with van der Waals surface area (Å²) in [6.07, 6.45) is 0. The number of piperazine rings is 1. The molecule has 0 radical (unpaired) electrons. The highest BCUT2D eigenvalue weighted by Crippen LogP contribution is 2.16. The van der Waals surface area contributed by atoms with Crippen molar-refractivity contribution in [3.8, 4) is 0 Å². The molecule has 37 heavy (non-hydrogen) atoms. The zero-order chi connectivity index (χ0) is 27.2. The van der Waals surface area contributed by atoms with E-state index in [-0.39, 0.29) is 28.8 Å². The maximum Gasteiger partial charge on any atom is 0.319 e. The van der Waals surface area contributed by atoms with Crippen molar-refractivity contribution < 1.29 is 14.4 Å². The van der Waals surface area contributed by atoms with Crippen molar-refractivity contribution in [3.63, 3.8) is 0 Å². The van der Waals surface area contributed by atoms with Gasteiger partial charge in [0.15, 0.2) is 0 Å². The molecule has 1 heterocycles. The van der Waals surface area contributed by atoms with E-state index in [4.69, 9.17) is 0 Å². The average Bonchev–Trinajstić information content (AvgIpc) is 2.82. The molecule has 1 aliphatic heterocycles. The normalized spacial score (nSPS) is 14.7. The van der Waals surface area contributed by atoms with Crippen LogP contribution >= 0.6 is 0 Å². The number of benzene rings is 2. The topological polar surface area (TPSA) is 93.8 Å². The number of nitrogens with one attached hydrogen (secondary N) is 3. The molecule has 0 atom stereocenters. The molecule has 0 spiro atoms. The van der Waals surface area contributed by atoms with Gasteiger partial charge in [-0.3, -0.25) is 14.5 Å². The van der Waals surface area contributed by atoms with Gasteiger partial charge in [0, 0.05) is 61.6 Å². The Hall–Kier alpha value is -3.39. The van der Waals surface area contributed by atoms with Crippen molar-refractivity contribution in [2.75, 3.05) is 38.0 Å². The maximum atomic E-state index is 13.0. The molecular weight excluding hydrogens is 466 g/mol. The maximum absolute atomic E-state index is 13.0. The van der Waals surface area contributed by atoms with Crippen LogP contribution in [0.25, 0.3) is 0 Å². The van der Waals surface area contributed by atoms with Crippen molar-refractivity contribution in [2.45, 2.75) is 53.6 Å². The van der Waals surface area contributed by atoms with Gasteiger partial charge in [0.25, 0.3) is 11.8 Å². The van der Waals surface area contributed by atoms with Crippen molar-refractivity contribution in [1.29, 1.82) is 0 Å². The van der Waals surface area contributed by atoms with Gasteiger partial charge in [-0.2, -0.15) is 0 Å². The highest BCUT2D eigenvalue weighted by molar-refractivity contribution is 5.96. The Balaban J connectivity index is 1.49. The number of anilines is 1. The molecule has 0 unspecified atom stereocenters. The second-order valence-corrected chi connectivity index (χ2v) is 11.9. The Morgan fingerprint density at radius 2 is 1.49 bits per heavy atom. The summed E-state index contributed by atoms with van der Waals surface area (Å²) in [6.45, 7) is 16.2. The number of carbonyl (C=O) groups excluding carboxylic acids is 3. The summed E-state index contributed by atoms with van der Waals surface area (Å²) in [7, 11) is 0.